The number of hydrogen-bond acceptors (Lipinski definition) is 3. The average molecular weight is 239 g/mol. The maximum absolute atomic E-state index is 5.20. The Kier molecular flexibility index (Phi) is 4.19. The zero-order valence-electron chi connectivity index (χ0n) is 10.0. The van der Waals surface area contributed by atoms with Crippen LogP contribution >= 0.6 is 0 Å². The number of para-hydroxylation sites is 1. The van der Waals surface area contributed by atoms with Gasteiger partial charge in [-0.2, -0.15) is 0 Å². The van der Waals surface area contributed by atoms with E-state index in [9.17, 15) is 0 Å². The quantitative estimate of drug-likeness (QED) is 0.454. The maximum atomic E-state index is 5.20. The fourth-order valence-corrected chi connectivity index (χ4v) is 1.43. The summed E-state index contributed by atoms with van der Waals surface area (Å²) in [5.41, 5.74) is 1.64. The molecule has 0 spiro atoms. The summed E-state index contributed by atoms with van der Waals surface area (Å²) >= 11 is 0. The van der Waals surface area contributed by atoms with E-state index in [0.29, 0.717) is 0 Å². The van der Waals surface area contributed by atoms with Crippen molar-refractivity contribution in [3.8, 4) is 5.75 Å². The summed E-state index contributed by atoms with van der Waals surface area (Å²) in [5, 5.41) is 11.6. The van der Waals surface area contributed by atoms with Crippen LogP contribution in [0.2, 0.25) is 0 Å². The van der Waals surface area contributed by atoms with Gasteiger partial charge in [-0.15, -0.1) is 10.2 Å². The molecule has 0 N–H and O–H groups in total. The van der Waals surface area contributed by atoms with Crippen molar-refractivity contribution in [1.29, 1.82) is 0 Å². The second-order valence-electron chi connectivity index (χ2n) is 3.51. The Labute approximate surface area is 106 Å². The molecule has 0 amide bonds. The zero-order valence-corrected chi connectivity index (χ0v) is 10.0. The molecule has 0 heterocycles. The Morgan fingerprint density at radius 1 is 0.944 bits per heavy atom. The van der Waals surface area contributed by atoms with Crippen molar-refractivity contribution in [3.05, 3.63) is 60.2 Å². The van der Waals surface area contributed by atoms with Crippen LogP contribution < -0.4 is 4.74 Å². The van der Waals surface area contributed by atoms with E-state index in [4.69, 9.17) is 4.74 Å². The lowest BCUT2D eigenvalue weighted by Gasteiger charge is -2.01. The Balaban J connectivity index is 2.06. The maximum Gasteiger partial charge on any atom is 0.127 e. The number of nitrogens with zero attached hydrogens (tertiary/aromatic N) is 3. The molecule has 18 heavy (non-hydrogen) atoms. The first-order valence-corrected chi connectivity index (χ1v) is 5.52. The highest BCUT2D eigenvalue weighted by molar-refractivity contribution is 5.83. The van der Waals surface area contributed by atoms with Crippen LogP contribution in [0, 0.1) is 0 Å². The normalized spacial score (nSPS) is 11.2. The Bertz CT molecular complexity index is 550. The third-order valence-electron chi connectivity index (χ3n) is 2.30. The Morgan fingerprint density at radius 3 is 2.44 bits per heavy atom. The summed E-state index contributed by atoms with van der Waals surface area (Å²) in [6.45, 7) is 0. The van der Waals surface area contributed by atoms with Crippen molar-refractivity contribution in [2.75, 3.05) is 7.11 Å². The highest BCUT2D eigenvalue weighted by Gasteiger charge is 1.96. The predicted octanol–water partition coefficient (Wildman–Crippen LogP) is 3.81. The van der Waals surface area contributed by atoms with Gasteiger partial charge in [-0.05, 0) is 29.5 Å². The first-order chi connectivity index (χ1) is 8.90. The van der Waals surface area contributed by atoms with Gasteiger partial charge >= 0.3 is 0 Å². The van der Waals surface area contributed by atoms with Gasteiger partial charge in [-0.1, -0.05) is 30.3 Å². The molecule has 0 aliphatic carbocycles. The monoisotopic (exact) mass is 239 g/mol. The van der Waals surface area contributed by atoms with Gasteiger partial charge in [-0.25, -0.2) is 0 Å². The first-order valence-electron chi connectivity index (χ1n) is 5.52. The van der Waals surface area contributed by atoms with E-state index in [2.05, 4.69) is 15.4 Å². The van der Waals surface area contributed by atoms with Crippen molar-refractivity contribution < 1.29 is 4.74 Å². The Hall–Kier alpha value is -2.49. The van der Waals surface area contributed by atoms with Crippen molar-refractivity contribution >= 4 is 11.9 Å². The van der Waals surface area contributed by atoms with Crippen molar-refractivity contribution in [2.24, 2.45) is 15.4 Å². The van der Waals surface area contributed by atoms with Crippen molar-refractivity contribution in [1.82, 2.24) is 0 Å². The van der Waals surface area contributed by atoms with Crippen LogP contribution in [0.3, 0.4) is 0 Å². The fraction of sp³-hybridized carbons (Fsp3) is 0.0714. The summed E-state index contributed by atoms with van der Waals surface area (Å²) in [7, 11) is 1.62. The topological polar surface area (TPSA) is 46.3 Å². The lowest BCUT2D eigenvalue weighted by atomic mass is 10.2. The van der Waals surface area contributed by atoms with E-state index >= 15 is 0 Å². The highest BCUT2D eigenvalue weighted by atomic mass is 16.5. The highest BCUT2D eigenvalue weighted by Crippen LogP contribution is 2.15. The van der Waals surface area contributed by atoms with Gasteiger partial charge in [-0.3, -0.25) is 0 Å². The lowest BCUT2D eigenvalue weighted by Crippen LogP contribution is -1.89. The van der Waals surface area contributed by atoms with Crippen molar-refractivity contribution in [3.63, 3.8) is 0 Å². The van der Waals surface area contributed by atoms with Gasteiger partial charge in [0, 0.05) is 5.56 Å². The van der Waals surface area contributed by atoms with Gasteiger partial charge < -0.3 is 4.74 Å². The minimum absolute atomic E-state index is 0.760. The minimum Gasteiger partial charge on any atom is -0.496 e. The van der Waals surface area contributed by atoms with Gasteiger partial charge in [0.15, 0.2) is 0 Å². The molecular formula is C14H13N3O. The van der Waals surface area contributed by atoms with E-state index in [1.54, 1.807) is 13.3 Å². The van der Waals surface area contributed by atoms with Crippen LogP contribution in [0.4, 0.5) is 5.69 Å². The largest absolute Gasteiger partial charge is 0.496 e. The molecule has 0 unspecified atom stereocenters. The standard InChI is InChI=1S/C14H13N3O/c1-18-14-10-6-5-7-12(14)11-15-17-16-13-8-3-2-4-9-13/h2-11H,1H3/b15-11+,17-16+. The molecule has 0 saturated heterocycles. The van der Waals surface area contributed by atoms with E-state index in [1.807, 2.05) is 54.6 Å². The number of methoxy groups -OCH3 is 1. The number of rotatable bonds is 4. The molecule has 0 aromatic heterocycles. The van der Waals surface area contributed by atoms with Crippen LogP contribution in [0.15, 0.2) is 70.0 Å². The SMILES string of the molecule is COc1ccccc1/C=N/N=N/c1ccccc1. The second kappa shape index (κ2) is 6.30. The third-order valence-corrected chi connectivity index (χ3v) is 2.30. The van der Waals surface area contributed by atoms with Crippen LogP contribution in [-0.2, 0) is 0 Å². The summed E-state index contributed by atoms with van der Waals surface area (Å²) in [6, 6.07) is 17.0. The van der Waals surface area contributed by atoms with Crippen LogP contribution in [0.5, 0.6) is 5.75 Å². The van der Waals surface area contributed by atoms with E-state index < -0.39 is 0 Å². The molecule has 0 aliphatic heterocycles. The molecule has 0 fully saturated rings. The predicted molar refractivity (Wildman–Crippen MR) is 71.5 cm³/mol. The zero-order chi connectivity index (χ0) is 12.6. The van der Waals surface area contributed by atoms with Gasteiger partial charge in [0.05, 0.1) is 19.0 Å². The number of benzene rings is 2. The molecule has 0 radical (unpaired) electrons. The molecule has 4 heteroatoms. The van der Waals surface area contributed by atoms with E-state index in [0.717, 1.165) is 17.0 Å². The molecule has 0 bridgehead atoms. The summed E-state index contributed by atoms with van der Waals surface area (Å²) in [4.78, 5) is 0. The minimum atomic E-state index is 0.760. The molecule has 4 nitrogen and oxygen atoms in total. The number of ether oxygens (including phenoxy) is 1. The summed E-state index contributed by atoms with van der Waals surface area (Å²) < 4.78 is 5.20. The smallest absolute Gasteiger partial charge is 0.127 e. The molecule has 2 aromatic rings. The molecule has 0 atom stereocenters. The number of hydrogen-bond donors (Lipinski definition) is 0. The molecule has 0 aliphatic rings. The molecular weight excluding hydrogens is 226 g/mol. The van der Waals surface area contributed by atoms with Crippen molar-refractivity contribution in [2.45, 2.75) is 0 Å². The Morgan fingerprint density at radius 2 is 1.67 bits per heavy atom. The van der Waals surface area contributed by atoms with Gasteiger partial charge in [0.2, 0.25) is 0 Å². The van der Waals surface area contributed by atoms with E-state index in [1.165, 1.54) is 0 Å². The summed E-state index contributed by atoms with van der Waals surface area (Å²) in [6.07, 6.45) is 1.62. The third kappa shape index (κ3) is 3.25. The van der Waals surface area contributed by atoms with Gasteiger partial charge in [0.1, 0.15) is 5.75 Å². The molecule has 2 aromatic carbocycles. The average Bonchev–Trinajstić information content (AvgIpc) is 2.45. The fourth-order valence-electron chi connectivity index (χ4n) is 1.43. The second-order valence-corrected chi connectivity index (χ2v) is 3.51. The van der Waals surface area contributed by atoms with Crippen LogP contribution in [0.1, 0.15) is 5.56 Å². The molecule has 0 saturated carbocycles. The first kappa shape index (κ1) is 12.0. The molecule has 90 valence electrons. The van der Waals surface area contributed by atoms with Gasteiger partial charge in [0.25, 0.3) is 0 Å². The van der Waals surface area contributed by atoms with Crippen LogP contribution in [0.25, 0.3) is 0 Å². The summed E-state index contributed by atoms with van der Waals surface area (Å²) in [5.74, 6) is 0.760. The van der Waals surface area contributed by atoms with E-state index in [-0.39, 0.29) is 0 Å². The lowest BCUT2D eigenvalue weighted by molar-refractivity contribution is 0.414. The molecule has 2 rings (SSSR count). The van der Waals surface area contributed by atoms with Crippen LogP contribution in [-0.4, -0.2) is 13.3 Å².